The van der Waals surface area contributed by atoms with Crippen LogP contribution in [0.4, 0.5) is 13.6 Å². The Bertz CT molecular complexity index is 837. The van der Waals surface area contributed by atoms with Gasteiger partial charge in [0.1, 0.15) is 23.3 Å². The van der Waals surface area contributed by atoms with Gasteiger partial charge in [-0.3, -0.25) is 9.78 Å². The minimum Gasteiger partial charge on any atom is -0.444 e. The lowest BCUT2D eigenvalue weighted by atomic mass is 9.98. The molecule has 26 heavy (non-hydrogen) atoms. The van der Waals surface area contributed by atoms with Crippen LogP contribution in [-0.2, 0) is 4.74 Å². The van der Waals surface area contributed by atoms with E-state index in [1.807, 2.05) is 0 Å². The molecule has 1 aromatic heterocycles. The fourth-order valence-electron chi connectivity index (χ4n) is 2.15. The Morgan fingerprint density at radius 2 is 1.88 bits per heavy atom. The Balaban J connectivity index is 2.41. The first-order valence-electron chi connectivity index (χ1n) is 7.66. The average molecular weight is 427 g/mol. The van der Waals surface area contributed by atoms with E-state index in [0.29, 0.717) is 10.0 Å². The van der Waals surface area contributed by atoms with Gasteiger partial charge < -0.3 is 10.1 Å². The standard InChI is InChI=1S/C18H17BrF2N2O3/c1-18(2,3)26-17(25)23-15(10-6-11(19)9-22-8-10)16(24)13-7-12(20)4-5-14(13)21/h4-9,15H,1-3H3,(H,23,25). The first kappa shape index (κ1) is 20.0. The number of carbonyl (C=O) groups is 2. The Labute approximate surface area is 157 Å². The number of Topliss-reactive ketones (excluding diaryl/α,β-unsaturated/α-hetero) is 1. The first-order chi connectivity index (χ1) is 12.1. The average Bonchev–Trinajstić information content (AvgIpc) is 2.52. The summed E-state index contributed by atoms with van der Waals surface area (Å²) in [5.41, 5.74) is -0.984. The van der Waals surface area contributed by atoms with Crippen molar-refractivity contribution in [3.05, 3.63) is 63.9 Å². The van der Waals surface area contributed by atoms with Crippen LogP contribution in [0.3, 0.4) is 0 Å². The quantitative estimate of drug-likeness (QED) is 0.726. The molecule has 2 aromatic rings. The van der Waals surface area contributed by atoms with Gasteiger partial charge >= 0.3 is 6.09 Å². The van der Waals surface area contributed by atoms with Gasteiger partial charge in [-0.15, -0.1) is 0 Å². The lowest BCUT2D eigenvalue weighted by molar-refractivity contribution is 0.0490. The van der Waals surface area contributed by atoms with E-state index in [1.165, 1.54) is 12.4 Å². The molecule has 1 N–H and O–H groups in total. The van der Waals surface area contributed by atoms with Gasteiger partial charge in [0.15, 0.2) is 5.78 Å². The van der Waals surface area contributed by atoms with Crippen LogP contribution >= 0.6 is 15.9 Å². The predicted molar refractivity (Wildman–Crippen MR) is 94.7 cm³/mol. The monoisotopic (exact) mass is 426 g/mol. The number of rotatable bonds is 4. The second kappa shape index (κ2) is 7.90. The van der Waals surface area contributed by atoms with Crippen molar-refractivity contribution in [2.75, 3.05) is 0 Å². The molecule has 5 nitrogen and oxygen atoms in total. The molecule has 1 unspecified atom stereocenters. The highest BCUT2D eigenvalue weighted by molar-refractivity contribution is 9.10. The lowest BCUT2D eigenvalue weighted by Crippen LogP contribution is -2.38. The number of amides is 1. The molecule has 0 saturated heterocycles. The van der Waals surface area contributed by atoms with Crippen molar-refractivity contribution in [3.8, 4) is 0 Å². The molecule has 138 valence electrons. The number of hydrogen-bond acceptors (Lipinski definition) is 4. The summed E-state index contributed by atoms with van der Waals surface area (Å²) >= 11 is 3.23. The third kappa shape index (κ3) is 5.32. The largest absolute Gasteiger partial charge is 0.444 e. The molecule has 1 atom stereocenters. The zero-order chi connectivity index (χ0) is 19.5. The zero-order valence-corrected chi connectivity index (χ0v) is 15.9. The predicted octanol–water partition coefficient (Wildman–Crippen LogP) is 4.57. The summed E-state index contributed by atoms with van der Waals surface area (Å²) in [6.07, 6.45) is 1.97. The van der Waals surface area contributed by atoms with Gasteiger partial charge in [0.2, 0.25) is 0 Å². The van der Waals surface area contributed by atoms with Gasteiger partial charge in [-0.25, -0.2) is 13.6 Å². The van der Waals surface area contributed by atoms with Gasteiger partial charge in [0.25, 0.3) is 0 Å². The van der Waals surface area contributed by atoms with Crippen molar-refractivity contribution in [1.29, 1.82) is 0 Å². The first-order valence-corrected chi connectivity index (χ1v) is 8.45. The topological polar surface area (TPSA) is 68.3 Å². The molecule has 2 rings (SSSR count). The van der Waals surface area contributed by atoms with Crippen LogP contribution in [0.5, 0.6) is 0 Å². The van der Waals surface area contributed by atoms with Crippen LogP contribution in [-0.4, -0.2) is 22.5 Å². The van der Waals surface area contributed by atoms with Gasteiger partial charge in [0, 0.05) is 22.4 Å². The zero-order valence-electron chi connectivity index (χ0n) is 14.3. The molecule has 1 aromatic carbocycles. The third-order valence-electron chi connectivity index (χ3n) is 3.18. The van der Waals surface area contributed by atoms with Crippen LogP contribution in [0.2, 0.25) is 0 Å². The second-order valence-electron chi connectivity index (χ2n) is 6.50. The molecular weight excluding hydrogens is 410 g/mol. The molecular formula is C18H17BrF2N2O3. The number of ketones is 1. The van der Waals surface area contributed by atoms with Crippen LogP contribution in [0, 0.1) is 11.6 Å². The number of carbonyl (C=O) groups excluding carboxylic acids is 2. The van der Waals surface area contributed by atoms with E-state index in [-0.39, 0.29) is 0 Å². The number of benzene rings is 1. The summed E-state index contributed by atoms with van der Waals surface area (Å²) in [4.78, 5) is 28.9. The van der Waals surface area contributed by atoms with E-state index in [2.05, 4.69) is 26.2 Å². The molecule has 0 aliphatic heterocycles. The highest BCUT2D eigenvalue weighted by Gasteiger charge is 2.29. The van der Waals surface area contributed by atoms with E-state index in [9.17, 15) is 18.4 Å². The van der Waals surface area contributed by atoms with Crippen LogP contribution in [0.15, 0.2) is 41.1 Å². The van der Waals surface area contributed by atoms with Gasteiger partial charge in [-0.1, -0.05) is 0 Å². The molecule has 0 fully saturated rings. The van der Waals surface area contributed by atoms with E-state index in [1.54, 1.807) is 26.8 Å². The number of pyridine rings is 1. The van der Waals surface area contributed by atoms with Crippen LogP contribution in [0.25, 0.3) is 0 Å². The summed E-state index contributed by atoms with van der Waals surface area (Å²) in [6.45, 7) is 4.99. The van der Waals surface area contributed by atoms with Gasteiger partial charge in [-0.2, -0.15) is 0 Å². The maximum absolute atomic E-state index is 14.0. The molecule has 0 bridgehead atoms. The normalized spacial score (nSPS) is 12.4. The van der Waals surface area contributed by atoms with Crippen molar-refractivity contribution in [1.82, 2.24) is 10.3 Å². The summed E-state index contributed by atoms with van der Waals surface area (Å²) in [5.74, 6) is -2.48. The molecule has 1 amide bonds. The minimum absolute atomic E-state index is 0.291. The van der Waals surface area contributed by atoms with E-state index < -0.39 is 40.7 Å². The Morgan fingerprint density at radius 3 is 2.50 bits per heavy atom. The van der Waals surface area contributed by atoms with Crippen molar-refractivity contribution >= 4 is 27.8 Å². The van der Waals surface area contributed by atoms with E-state index in [0.717, 1.165) is 18.2 Å². The maximum Gasteiger partial charge on any atom is 0.408 e. The van der Waals surface area contributed by atoms with Crippen molar-refractivity contribution in [2.45, 2.75) is 32.4 Å². The molecule has 1 heterocycles. The van der Waals surface area contributed by atoms with Crippen molar-refractivity contribution < 1.29 is 23.1 Å². The van der Waals surface area contributed by atoms with Crippen LogP contribution in [0.1, 0.15) is 42.7 Å². The third-order valence-corrected chi connectivity index (χ3v) is 3.61. The van der Waals surface area contributed by atoms with E-state index >= 15 is 0 Å². The van der Waals surface area contributed by atoms with Crippen molar-refractivity contribution in [2.24, 2.45) is 0 Å². The fraction of sp³-hybridized carbons (Fsp3) is 0.278. The fourth-order valence-corrected chi connectivity index (χ4v) is 2.54. The maximum atomic E-state index is 14.0. The number of hydrogen-bond donors (Lipinski definition) is 1. The number of halogens is 3. The molecule has 0 spiro atoms. The lowest BCUT2D eigenvalue weighted by Gasteiger charge is -2.23. The second-order valence-corrected chi connectivity index (χ2v) is 7.42. The van der Waals surface area contributed by atoms with E-state index in [4.69, 9.17) is 4.74 Å². The Hall–Kier alpha value is -2.35. The number of nitrogens with zero attached hydrogens (tertiary/aromatic N) is 1. The van der Waals surface area contributed by atoms with Gasteiger partial charge in [0.05, 0.1) is 5.56 Å². The molecule has 0 saturated carbocycles. The Kier molecular flexibility index (Phi) is 6.07. The summed E-state index contributed by atoms with van der Waals surface area (Å²) in [5, 5.41) is 2.40. The highest BCUT2D eigenvalue weighted by Crippen LogP contribution is 2.23. The SMILES string of the molecule is CC(C)(C)OC(=O)NC(C(=O)c1cc(F)ccc1F)c1cncc(Br)c1. The minimum atomic E-state index is -1.30. The number of nitrogens with one attached hydrogen (secondary N) is 1. The number of alkyl carbamates (subject to hydrolysis) is 1. The summed E-state index contributed by atoms with van der Waals surface area (Å²) in [7, 11) is 0. The number of ether oxygens (including phenoxy) is 1. The molecule has 0 aliphatic rings. The Morgan fingerprint density at radius 1 is 1.19 bits per heavy atom. The van der Waals surface area contributed by atoms with Crippen molar-refractivity contribution in [3.63, 3.8) is 0 Å². The highest BCUT2D eigenvalue weighted by atomic mass is 79.9. The molecule has 0 aliphatic carbocycles. The summed E-state index contributed by atoms with van der Waals surface area (Å²) in [6, 6.07) is 2.79. The van der Waals surface area contributed by atoms with Gasteiger partial charge in [-0.05, 0) is 61.0 Å². The molecule has 0 radical (unpaired) electrons. The summed E-state index contributed by atoms with van der Waals surface area (Å²) < 4.78 is 33.2. The number of aromatic nitrogens is 1. The smallest absolute Gasteiger partial charge is 0.408 e. The molecule has 8 heteroatoms. The van der Waals surface area contributed by atoms with Crippen LogP contribution < -0.4 is 5.32 Å².